The van der Waals surface area contributed by atoms with Crippen LogP contribution in [0, 0.1) is 0 Å². The fourth-order valence-electron chi connectivity index (χ4n) is 5.72. The first-order chi connectivity index (χ1) is 20.5. The Kier molecular flexibility index (Phi) is 31.6. The van der Waals surface area contributed by atoms with E-state index >= 15 is 0 Å². The standard InChI is InChI=1S/C36H71NO5/c1-3-5-7-21-27-33(38)28-22-17-13-9-10-15-19-25-31-35(39)42-34(29-23-8-6-4-2)30-24-18-14-11-12-16-20-26-32-37-36(40)41/h33-34,37-38H,3-32H2,1-2H3,(H,40,41). The molecule has 0 saturated carbocycles. The Morgan fingerprint density at radius 2 is 0.929 bits per heavy atom. The average molecular weight is 598 g/mol. The summed E-state index contributed by atoms with van der Waals surface area (Å²) in [5.41, 5.74) is 0. The lowest BCUT2D eigenvalue weighted by Crippen LogP contribution is -2.21. The zero-order valence-corrected chi connectivity index (χ0v) is 28.0. The maximum absolute atomic E-state index is 12.5. The molecule has 0 aromatic carbocycles. The first kappa shape index (κ1) is 40.7. The molecule has 0 aliphatic heterocycles. The van der Waals surface area contributed by atoms with Crippen LogP contribution in [0.5, 0.6) is 0 Å². The summed E-state index contributed by atoms with van der Waals surface area (Å²) < 4.78 is 5.95. The minimum absolute atomic E-state index is 0.00105. The molecule has 0 aromatic heterocycles. The van der Waals surface area contributed by atoms with Crippen molar-refractivity contribution in [1.82, 2.24) is 5.32 Å². The molecule has 0 aromatic rings. The summed E-state index contributed by atoms with van der Waals surface area (Å²) in [6, 6.07) is 0. The van der Waals surface area contributed by atoms with E-state index in [2.05, 4.69) is 19.2 Å². The van der Waals surface area contributed by atoms with Gasteiger partial charge >= 0.3 is 12.1 Å². The van der Waals surface area contributed by atoms with Crippen molar-refractivity contribution in [3.05, 3.63) is 0 Å². The summed E-state index contributed by atoms with van der Waals surface area (Å²) >= 11 is 0. The van der Waals surface area contributed by atoms with Crippen LogP contribution in [0.3, 0.4) is 0 Å². The molecule has 0 aliphatic carbocycles. The molecule has 0 saturated heterocycles. The molecule has 0 bridgehead atoms. The van der Waals surface area contributed by atoms with Gasteiger partial charge in [-0.3, -0.25) is 4.79 Å². The summed E-state index contributed by atoms with van der Waals surface area (Å²) in [5, 5.41) is 21.1. The number of unbranched alkanes of at least 4 members (excludes halogenated alkanes) is 20. The van der Waals surface area contributed by atoms with Gasteiger partial charge in [0.25, 0.3) is 0 Å². The van der Waals surface area contributed by atoms with Gasteiger partial charge in [-0.2, -0.15) is 0 Å². The quantitative estimate of drug-likeness (QED) is 0.0516. The van der Waals surface area contributed by atoms with Crippen LogP contribution in [0.15, 0.2) is 0 Å². The van der Waals surface area contributed by atoms with Gasteiger partial charge in [0.05, 0.1) is 6.10 Å². The maximum atomic E-state index is 12.5. The zero-order chi connectivity index (χ0) is 30.9. The maximum Gasteiger partial charge on any atom is 0.404 e. The normalized spacial score (nSPS) is 12.7. The number of hydrogen-bond acceptors (Lipinski definition) is 4. The largest absolute Gasteiger partial charge is 0.465 e. The van der Waals surface area contributed by atoms with Crippen LogP contribution in [0.25, 0.3) is 0 Å². The molecule has 2 atom stereocenters. The molecule has 0 heterocycles. The highest BCUT2D eigenvalue weighted by Gasteiger charge is 2.14. The summed E-state index contributed by atoms with van der Waals surface area (Å²) in [6.45, 7) is 5.01. The number of esters is 1. The number of aliphatic hydroxyl groups excluding tert-OH is 1. The third-order valence-electron chi connectivity index (χ3n) is 8.47. The molecule has 3 N–H and O–H groups in total. The van der Waals surface area contributed by atoms with Crippen molar-refractivity contribution in [3.8, 4) is 0 Å². The number of rotatable bonds is 33. The van der Waals surface area contributed by atoms with E-state index in [4.69, 9.17) is 9.84 Å². The summed E-state index contributed by atoms with van der Waals surface area (Å²) in [7, 11) is 0. The minimum atomic E-state index is -0.932. The topological polar surface area (TPSA) is 95.9 Å². The van der Waals surface area contributed by atoms with E-state index in [9.17, 15) is 14.7 Å². The summed E-state index contributed by atoms with van der Waals surface area (Å²) in [6.07, 6.45) is 32.0. The number of aliphatic hydroxyl groups is 1. The lowest BCUT2D eigenvalue weighted by molar-refractivity contribution is -0.150. The number of hydrogen-bond donors (Lipinski definition) is 3. The highest BCUT2D eigenvalue weighted by atomic mass is 16.5. The number of ether oxygens (including phenoxy) is 1. The minimum Gasteiger partial charge on any atom is -0.465 e. The van der Waals surface area contributed by atoms with E-state index in [1.54, 1.807) is 0 Å². The van der Waals surface area contributed by atoms with Crippen LogP contribution in [-0.4, -0.2) is 41.0 Å². The molecular formula is C36H71NO5. The third-order valence-corrected chi connectivity index (χ3v) is 8.47. The van der Waals surface area contributed by atoms with Crippen LogP contribution in [0.2, 0.25) is 0 Å². The highest BCUT2D eigenvalue weighted by molar-refractivity contribution is 5.69. The smallest absolute Gasteiger partial charge is 0.404 e. The van der Waals surface area contributed by atoms with Crippen molar-refractivity contribution < 1.29 is 24.5 Å². The molecular weight excluding hydrogens is 526 g/mol. The van der Waals surface area contributed by atoms with E-state index in [0.29, 0.717) is 13.0 Å². The average Bonchev–Trinajstić information content (AvgIpc) is 2.96. The summed E-state index contributed by atoms with van der Waals surface area (Å²) in [4.78, 5) is 23.0. The number of amides is 1. The van der Waals surface area contributed by atoms with Crippen molar-refractivity contribution in [1.29, 1.82) is 0 Å². The van der Waals surface area contributed by atoms with E-state index in [1.807, 2.05) is 0 Å². The Balaban J connectivity index is 3.82. The first-order valence-corrected chi connectivity index (χ1v) is 18.3. The molecule has 250 valence electrons. The predicted octanol–water partition coefficient (Wildman–Crippen LogP) is 10.9. The number of carbonyl (C=O) groups is 2. The van der Waals surface area contributed by atoms with Gasteiger partial charge in [-0.05, 0) is 51.4 Å². The highest BCUT2D eigenvalue weighted by Crippen LogP contribution is 2.19. The molecule has 0 rings (SSSR count). The van der Waals surface area contributed by atoms with Gasteiger partial charge in [0.15, 0.2) is 0 Å². The lowest BCUT2D eigenvalue weighted by Gasteiger charge is -2.18. The Bertz CT molecular complexity index is 585. The van der Waals surface area contributed by atoms with Crippen molar-refractivity contribution in [2.45, 2.75) is 212 Å². The molecule has 0 spiro atoms. The fraction of sp³-hybridized carbons (Fsp3) is 0.944. The van der Waals surface area contributed by atoms with Crippen LogP contribution >= 0.6 is 0 Å². The van der Waals surface area contributed by atoms with E-state index < -0.39 is 6.09 Å². The van der Waals surface area contributed by atoms with Crippen molar-refractivity contribution in [2.75, 3.05) is 6.54 Å². The van der Waals surface area contributed by atoms with Gasteiger partial charge in [-0.15, -0.1) is 0 Å². The van der Waals surface area contributed by atoms with Gasteiger partial charge < -0.3 is 20.3 Å². The molecule has 2 unspecified atom stereocenters. The lowest BCUT2D eigenvalue weighted by atomic mass is 10.0. The monoisotopic (exact) mass is 598 g/mol. The number of nitrogens with one attached hydrogen (secondary N) is 1. The SMILES string of the molecule is CCCCCCC(O)CCCCCCCCCCC(=O)OC(CCCCCC)CCCCCCCCCCNC(=O)O. The van der Waals surface area contributed by atoms with Gasteiger partial charge in [0, 0.05) is 13.0 Å². The fourth-order valence-corrected chi connectivity index (χ4v) is 5.72. The van der Waals surface area contributed by atoms with Crippen LogP contribution in [0.4, 0.5) is 4.79 Å². The predicted molar refractivity (Wildman–Crippen MR) is 177 cm³/mol. The Morgan fingerprint density at radius 3 is 1.38 bits per heavy atom. The van der Waals surface area contributed by atoms with Crippen LogP contribution < -0.4 is 5.32 Å². The van der Waals surface area contributed by atoms with Crippen LogP contribution in [0.1, 0.15) is 200 Å². The molecule has 42 heavy (non-hydrogen) atoms. The van der Waals surface area contributed by atoms with Crippen molar-refractivity contribution in [3.63, 3.8) is 0 Å². The third kappa shape index (κ3) is 31.6. The first-order valence-electron chi connectivity index (χ1n) is 18.3. The zero-order valence-electron chi connectivity index (χ0n) is 28.0. The molecule has 1 amide bonds. The Hall–Kier alpha value is -1.30. The number of carbonyl (C=O) groups excluding carboxylic acids is 1. The van der Waals surface area contributed by atoms with E-state index in [-0.39, 0.29) is 18.2 Å². The second kappa shape index (κ2) is 32.6. The second-order valence-corrected chi connectivity index (χ2v) is 12.7. The molecule has 6 nitrogen and oxygen atoms in total. The Morgan fingerprint density at radius 1 is 0.548 bits per heavy atom. The number of carboxylic acid groups (broad SMARTS) is 1. The molecule has 0 aliphatic rings. The van der Waals surface area contributed by atoms with E-state index in [0.717, 1.165) is 70.6 Å². The summed E-state index contributed by atoms with van der Waals surface area (Å²) in [5.74, 6) is 0.00105. The Labute approximate surface area is 260 Å². The molecule has 0 fully saturated rings. The van der Waals surface area contributed by atoms with Crippen LogP contribution in [-0.2, 0) is 9.53 Å². The second-order valence-electron chi connectivity index (χ2n) is 12.7. The molecule has 6 heteroatoms. The van der Waals surface area contributed by atoms with Crippen molar-refractivity contribution in [2.24, 2.45) is 0 Å². The van der Waals surface area contributed by atoms with E-state index in [1.165, 1.54) is 109 Å². The van der Waals surface area contributed by atoms with Gasteiger partial charge in [0.2, 0.25) is 0 Å². The van der Waals surface area contributed by atoms with Gasteiger partial charge in [-0.25, -0.2) is 4.79 Å². The van der Waals surface area contributed by atoms with Gasteiger partial charge in [-0.1, -0.05) is 142 Å². The molecule has 0 radical (unpaired) electrons. The van der Waals surface area contributed by atoms with Crippen molar-refractivity contribution >= 4 is 12.1 Å². The van der Waals surface area contributed by atoms with Gasteiger partial charge in [0.1, 0.15) is 6.10 Å².